The smallest absolute Gasteiger partial charge is 0.159 e. The molecule has 0 aromatic heterocycles. The van der Waals surface area contributed by atoms with Crippen LogP contribution in [-0.4, -0.2) is 0 Å². The summed E-state index contributed by atoms with van der Waals surface area (Å²) in [5.74, 6) is -2.68. The molecule has 0 heterocycles. The second-order valence-corrected chi connectivity index (χ2v) is 4.90. The van der Waals surface area contributed by atoms with Gasteiger partial charge < -0.3 is 0 Å². The molecule has 0 amide bonds. The van der Waals surface area contributed by atoms with Crippen molar-refractivity contribution in [1.82, 2.24) is 0 Å². The second-order valence-electron chi connectivity index (χ2n) is 4.90. The topological polar surface area (TPSA) is 47.6 Å². The Morgan fingerprint density at radius 1 is 0.826 bits per heavy atom. The van der Waals surface area contributed by atoms with Crippen molar-refractivity contribution >= 4 is 10.8 Å². The fraction of sp³-hybridized carbons (Fsp3) is 0. The summed E-state index contributed by atoms with van der Waals surface area (Å²) < 4.78 is 40.7. The first-order valence-electron chi connectivity index (χ1n) is 6.57. The van der Waals surface area contributed by atoms with Gasteiger partial charge in [-0.05, 0) is 46.7 Å². The molecule has 0 saturated carbocycles. The highest BCUT2D eigenvalue weighted by molar-refractivity contribution is 6.01. The lowest BCUT2D eigenvalue weighted by Gasteiger charge is -2.11. The molecular weight excluding hydrogens is 301 g/mol. The predicted octanol–water partition coefficient (Wildman–Crippen LogP) is 4.67. The number of nitrogens with zero attached hydrogens (tertiary/aromatic N) is 2. The summed E-state index contributed by atoms with van der Waals surface area (Å²) in [7, 11) is 0. The van der Waals surface area contributed by atoms with E-state index in [2.05, 4.69) is 0 Å². The summed E-state index contributed by atoms with van der Waals surface area (Å²) in [5, 5.41) is 19.1. The first-order chi connectivity index (χ1) is 11.0. The van der Waals surface area contributed by atoms with Crippen LogP contribution in [0.25, 0.3) is 21.9 Å². The zero-order valence-electron chi connectivity index (χ0n) is 11.6. The molecule has 0 spiro atoms. The van der Waals surface area contributed by atoms with Gasteiger partial charge in [-0.3, -0.25) is 0 Å². The van der Waals surface area contributed by atoms with Crippen LogP contribution in [0.5, 0.6) is 0 Å². The summed E-state index contributed by atoms with van der Waals surface area (Å²) in [6, 6.07) is 12.4. The molecule has 0 bridgehead atoms. The molecule has 0 saturated heterocycles. The lowest BCUT2D eigenvalue weighted by molar-refractivity contribution is 0.511. The first kappa shape index (κ1) is 14.6. The molecule has 0 N–H and O–H groups in total. The normalized spacial score (nSPS) is 10.3. The lowest BCUT2D eigenvalue weighted by atomic mass is 9.90. The van der Waals surface area contributed by atoms with Crippen LogP contribution in [0.2, 0.25) is 0 Å². The third kappa shape index (κ3) is 2.39. The van der Waals surface area contributed by atoms with E-state index in [1.807, 2.05) is 12.1 Å². The Hall–Kier alpha value is -3.31. The molecule has 0 aliphatic carbocycles. The molecule has 23 heavy (non-hydrogen) atoms. The fourth-order valence-corrected chi connectivity index (χ4v) is 2.54. The van der Waals surface area contributed by atoms with E-state index >= 15 is 0 Å². The molecule has 5 heteroatoms. The van der Waals surface area contributed by atoms with Crippen LogP contribution in [0, 0.1) is 40.1 Å². The van der Waals surface area contributed by atoms with Crippen molar-refractivity contribution in [2.75, 3.05) is 0 Å². The quantitative estimate of drug-likeness (QED) is 0.656. The third-order valence-corrected chi connectivity index (χ3v) is 3.53. The average Bonchev–Trinajstić information content (AvgIpc) is 2.54. The zero-order chi connectivity index (χ0) is 16.6. The van der Waals surface area contributed by atoms with Crippen molar-refractivity contribution in [1.29, 1.82) is 10.5 Å². The van der Waals surface area contributed by atoms with Crippen molar-refractivity contribution in [3.8, 4) is 23.3 Å². The van der Waals surface area contributed by atoms with E-state index in [-0.39, 0.29) is 27.5 Å². The van der Waals surface area contributed by atoms with E-state index in [0.29, 0.717) is 5.56 Å². The SMILES string of the molecule is N#Cc1cc2cc(F)c(F)cc2c(-c2cccc(F)c2)c1C#N. The Morgan fingerprint density at radius 2 is 1.57 bits per heavy atom. The number of rotatable bonds is 1. The summed E-state index contributed by atoms with van der Waals surface area (Å²) in [6.07, 6.45) is 0. The van der Waals surface area contributed by atoms with Gasteiger partial charge >= 0.3 is 0 Å². The molecule has 3 rings (SSSR count). The van der Waals surface area contributed by atoms with Crippen molar-refractivity contribution in [3.05, 3.63) is 71.0 Å². The second kappa shape index (κ2) is 5.47. The summed E-state index contributed by atoms with van der Waals surface area (Å²) >= 11 is 0. The van der Waals surface area contributed by atoms with Crippen LogP contribution in [0.3, 0.4) is 0 Å². The van der Waals surface area contributed by atoms with Gasteiger partial charge in [-0.2, -0.15) is 10.5 Å². The van der Waals surface area contributed by atoms with E-state index in [1.165, 1.54) is 24.3 Å². The standard InChI is InChI=1S/C18H7F3N2/c19-13-3-1-2-10(5-13)18-14-7-17(21)16(20)6-11(14)4-12(8-22)15(18)9-23/h1-7H. The van der Waals surface area contributed by atoms with Gasteiger partial charge in [-0.1, -0.05) is 12.1 Å². The van der Waals surface area contributed by atoms with Gasteiger partial charge in [0.15, 0.2) is 11.6 Å². The van der Waals surface area contributed by atoms with Gasteiger partial charge in [0.05, 0.1) is 11.1 Å². The molecule has 3 aromatic rings. The van der Waals surface area contributed by atoms with Crippen molar-refractivity contribution in [3.63, 3.8) is 0 Å². The van der Waals surface area contributed by atoms with Gasteiger partial charge in [-0.25, -0.2) is 13.2 Å². The van der Waals surface area contributed by atoms with Crippen LogP contribution in [0.1, 0.15) is 11.1 Å². The highest BCUT2D eigenvalue weighted by Gasteiger charge is 2.17. The van der Waals surface area contributed by atoms with Crippen molar-refractivity contribution in [2.24, 2.45) is 0 Å². The highest BCUT2D eigenvalue weighted by Crippen LogP contribution is 2.35. The Kier molecular flexibility index (Phi) is 3.48. The third-order valence-electron chi connectivity index (χ3n) is 3.53. The van der Waals surface area contributed by atoms with Crippen LogP contribution in [0.15, 0.2) is 42.5 Å². The summed E-state index contributed by atoms with van der Waals surface area (Å²) in [4.78, 5) is 0. The molecule has 3 aromatic carbocycles. The predicted molar refractivity (Wildman–Crippen MR) is 78.7 cm³/mol. The molecule has 0 aliphatic rings. The van der Waals surface area contributed by atoms with E-state index in [1.54, 1.807) is 6.07 Å². The Balaban J connectivity index is 2.53. The van der Waals surface area contributed by atoms with Crippen LogP contribution in [0.4, 0.5) is 13.2 Å². The number of hydrogen-bond acceptors (Lipinski definition) is 2. The maximum Gasteiger partial charge on any atom is 0.159 e. The molecule has 110 valence electrons. The van der Waals surface area contributed by atoms with Crippen LogP contribution < -0.4 is 0 Å². The maximum atomic E-state index is 13.6. The Bertz CT molecular complexity index is 1030. The van der Waals surface area contributed by atoms with Crippen LogP contribution in [-0.2, 0) is 0 Å². The number of hydrogen-bond donors (Lipinski definition) is 0. The minimum Gasteiger partial charge on any atom is -0.207 e. The van der Waals surface area contributed by atoms with E-state index in [0.717, 1.165) is 12.1 Å². The number of halogens is 3. The lowest BCUT2D eigenvalue weighted by Crippen LogP contribution is -1.95. The van der Waals surface area contributed by atoms with Gasteiger partial charge in [-0.15, -0.1) is 0 Å². The molecular formula is C18H7F3N2. The van der Waals surface area contributed by atoms with Gasteiger partial charge in [0.1, 0.15) is 18.0 Å². The van der Waals surface area contributed by atoms with Crippen molar-refractivity contribution < 1.29 is 13.2 Å². The molecule has 0 radical (unpaired) electrons. The van der Waals surface area contributed by atoms with E-state index in [9.17, 15) is 23.7 Å². The molecule has 0 aliphatic heterocycles. The highest BCUT2D eigenvalue weighted by atomic mass is 19.2. The number of benzene rings is 3. The zero-order valence-corrected chi connectivity index (χ0v) is 11.6. The average molecular weight is 308 g/mol. The molecule has 0 unspecified atom stereocenters. The first-order valence-corrected chi connectivity index (χ1v) is 6.57. The molecule has 0 atom stereocenters. The number of fused-ring (bicyclic) bond motifs is 1. The summed E-state index contributed by atoms with van der Waals surface area (Å²) in [6.45, 7) is 0. The minimum atomic E-state index is -1.08. The van der Waals surface area contributed by atoms with Crippen LogP contribution >= 0.6 is 0 Å². The Morgan fingerprint density at radius 3 is 2.22 bits per heavy atom. The van der Waals surface area contributed by atoms with Gasteiger partial charge in [0.2, 0.25) is 0 Å². The summed E-state index contributed by atoms with van der Waals surface area (Å²) in [5.41, 5.74) is 0.538. The maximum absolute atomic E-state index is 13.6. The van der Waals surface area contributed by atoms with E-state index in [4.69, 9.17) is 0 Å². The van der Waals surface area contributed by atoms with Crippen molar-refractivity contribution in [2.45, 2.75) is 0 Å². The largest absolute Gasteiger partial charge is 0.207 e. The molecule has 0 fully saturated rings. The fourth-order valence-electron chi connectivity index (χ4n) is 2.54. The monoisotopic (exact) mass is 308 g/mol. The van der Waals surface area contributed by atoms with Gasteiger partial charge in [0.25, 0.3) is 0 Å². The van der Waals surface area contributed by atoms with Gasteiger partial charge in [0, 0.05) is 5.56 Å². The number of nitriles is 2. The molecule has 2 nitrogen and oxygen atoms in total. The van der Waals surface area contributed by atoms with E-state index < -0.39 is 17.5 Å². The minimum absolute atomic E-state index is 0.00314. The Labute approximate surface area is 129 Å².